The molecule has 2 atom stereocenters. The highest BCUT2D eigenvalue weighted by atomic mass is 19.1. The maximum atomic E-state index is 13.4. The van der Waals surface area contributed by atoms with Crippen LogP contribution in [-0.4, -0.2) is 36.2 Å². The molecule has 8 heteroatoms. The van der Waals surface area contributed by atoms with Gasteiger partial charge in [-0.1, -0.05) is 0 Å². The Kier molecular flexibility index (Phi) is 4.52. The number of amides is 4. The van der Waals surface area contributed by atoms with E-state index in [2.05, 4.69) is 10.6 Å². The zero-order chi connectivity index (χ0) is 18.1. The molecule has 1 aromatic rings. The first-order valence-electron chi connectivity index (χ1n) is 8.05. The van der Waals surface area contributed by atoms with Crippen LogP contribution in [0.3, 0.4) is 0 Å². The van der Waals surface area contributed by atoms with Crippen LogP contribution in [0.2, 0.25) is 0 Å². The summed E-state index contributed by atoms with van der Waals surface area (Å²) >= 11 is 0. The average molecular weight is 347 g/mol. The van der Waals surface area contributed by atoms with Crippen molar-refractivity contribution in [1.29, 1.82) is 0 Å². The predicted molar refractivity (Wildman–Crippen MR) is 85.9 cm³/mol. The van der Waals surface area contributed by atoms with Crippen LogP contribution in [0.1, 0.15) is 24.8 Å². The minimum Gasteiger partial charge on any atom is -0.344 e. The molecule has 25 heavy (non-hydrogen) atoms. The number of rotatable bonds is 3. The summed E-state index contributed by atoms with van der Waals surface area (Å²) in [5.74, 6) is -2.46. The number of nitrogens with one attached hydrogen (secondary N) is 2. The second-order valence-corrected chi connectivity index (χ2v) is 6.35. The van der Waals surface area contributed by atoms with Crippen molar-refractivity contribution >= 4 is 29.3 Å². The Morgan fingerprint density at radius 3 is 2.76 bits per heavy atom. The zero-order valence-electron chi connectivity index (χ0n) is 13.7. The summed E-state index contributed by atoms with van der Waals surface area (Å²) in [5, 5.41) is 4.78. The summed E-state index contributed by atoms with van der Waals surface area (Å²) in [6.45, 7) is 1.77. The third-order valence-corrected chi connectivity index (χ3v) is 4.50. The third-order valence-electron chi connectivity index (χ3n) is 4.50. The van der Waals surface area contributed by atoms with Gasteiger partial charge in [-0.3, -0.25) is 24.5 Å². The van der Waals surface area contributed by atoms with E-state index in [1.54, 1.807) is 13.0 Å². The topological polar surface area (TPSA) is 95.6 Å². The van der Waals surface area contributed by atoms with Crippen molar-refractivity contribution < 1.29 is 23.6 Å². The molecule has 0 aliphatic carbocycles. The molecule has 1 aromatic carbocycles. The lowest BCUT2D eigenvalue weighted by Crippen LogP contribution is -2.53. The molecule has 2 heterocycles. The highest BCUT2D eigenvalue weighted by Gasteiger charge is 2.37. The summed E-state index contributed by atoms with van der Waals surface area (Å²) in [6, 6.07) is 3.59. The number of nitrogens with zero attached hydrogens (tertiary/aromatic N) is 1. The molecule has 0 radical (unpaired) electrons. The molecule has 3 rings (SSSR count). The lowest BCUT2D eigenvalue weighted by molar-refractivity contribution is -0.138. The monoisotopic (exact) mass is 347 g/mol. The Morgan fingerprint density at radius 2 is 2.08 bits per heavy atom. The van der Waals surface area contributed by atoms with E-state index in [0.29, 0.717) is 11.3 Å². The largest absolute Gasteiger partial charge is 0.344 e. The lowest BCUT2D eigenvalue weighted by Gasteiger charge is -2.23. The van der Waals surface area contributed by atoms with E-state index >= 15 is 0 Å². The molecule has 2 unspecified atom stereocenters. The molecular formula is C17H18FN3O4. The van der Waals surface area contributed by atoms with Gasteiger partial charge >= 0.3 is 0 Å². The molecule has 2 saturated heterocycles. The van der Waals surface area contributed by atoms with E-state index in [-0.39, 0.29) is 43.4 Å². The van der Waals surface area contributed by atoms with Gasteiger partial charge in [0, 0.05) is 25.1 Å². The molecule has 2 N–H and O–H groups in total. The van der Waals surface area contributed by atoms with Crippen molar-refractivity contribution in [3.05, 3.63) is 29.6 Å². The molecule has 0 aromatic heterocycles. The number of halogens is 1. The van der Waals surface area contributed by atoms with Crippen LogP contribution in [0, 0.1) is 18.7 Å². The van der Waals surface area contributed by atoms with E-state index < -0.39 is 23.8 Å². The van der Waals surface area contributed by atoms with Crippen LogP contribution in [-0.2, 0) is 19.2 Å². The summed E-state index contributed by atoms with van der Waals surface area (Å²) in [7, 11) is 0. The number of carbonyl (C=O) groups excluding carboxylic acids is 4. The molecule has 2 aliphatic heterocycles. The van der Waals surface area contributed by atoms with Crippen LogP contribution in [0.5, 0.6) is 0 Å². The summed E-state index contributed by atoms with van der Waals surface area (Å²) in [5.41, 5.74) is 0.960. The predicted octanol–water partition coefficient (Wildman–Crippen LogP) is 0.408. The number of aryl methyl sites for hydroxylation is 1. The van der Waals surface area contributed by atoms with Gasteiger partial charge in [-0.05, 0) is 37.1 Å². The molecule has 7 nitrogen and oxygen atoms in total. The van der Waals surface area contributed by atoms with Crippen LogP contribution in [0.15, 0.2) is 18.2 Å². The Morgan fingerprint density at radius 1 is 1.32 bits per heavy atom. The zero-order valence-corrected chi connectivity index (χ0v) is 13.7. The van der Waals surface area contributed by atoms with Crippen molar-refractivity contribution in [2.75, 3.05) is 11.4 Å². The van der Waals surface area contributed by atoms with Gasteiger partial charge in [0.15, 0.2) is 0 Å². The van der Waals surface area contributed by atoms with Crippen molar-refractivity contribution in [3.8, 4) is 0 Å². The van der Waals surface area contributed by atoms with Gasteiger partial charge in [0.2, 0.25) is 23.6 Å². The minimum absolute atomic E-state index is 0.0233. The fourth-order valence-electron chi connectivity index (χ4n) is 3.05. The van der Waals surface area contributed by atoms with Crippen LogP contribution < -0.4 is 15.5 Å². The molecule has 0 saturated carbocycles. The number of imide groups is 1. The fraction of sp³-hybridized carbons (Fsp3) is 0.412. The SMILES string of the molecule is Cc1cc(N2CC(C(=O)NC3CCC(=O)NC3=O)CC2=O)ccc1F. The van der Waals surface area contributed by atoms with Gasteiger partial charge in [0.25, 0.3) is 0 Å². The summed E-state index contributed by atoms with van der Waals surface area (Å²) in [6.07, 6.45) is 0.439. The van der Waals surface area contributed by atoms with E-state index in [4.69, 9.17) is 0 Å². The van der Waals surface area contributed by atoms with Gasteiger partial charge in [0.05, 0.1) is 5.92 Å². The maximum absolute atomic E-state index is 13.4. The smallest absolute Gasteiger partial charge is 0.249 e. The molecule has 0 bridgehead atoms. The van der Waals surface area contributed by atoms with Gasteiger partial charge in [0.1, 0.15) is 11.9 Å². The summed E-state index contributed by atoms with van der Waals surface area (Å²) < 4.78 is 13.4. The van der Waals surface area contributed by atoms with Gasteiger partial charge in [-0.2, -0.15) is 0 Å². The Labute approximate surface area is 143 Å². The van der Waals surface area contributed by atoms with Crippen LogP contribution >= 0.6 is 0 Å². The summed E-state index contributed by atoms with van der Waals surface area (Å²) in [4.78, 5) is 48.9. The first kappa shape index (κ1) is 17.1. The van der Waals surface area contributed by atoms with E-state index in [9.17, 15) is 23.6 Å². The Bertz CT molecular complexity index is 764. The van der Waals surface area contributed by atoms with Crippen molar-refractivity contribution in [2.24, 2.45) is 5.92 Å². The number of hydrogen-bond donors (Lipinski definition) is 2. The number of piperidine rings is 1. The fourth-order valence-corrected chi connectivity index (χ4v) is 3.05. The highest BCUT2D eigenvalue weighted by molar-refractivity contribution is 6.03. The standard InChI is InChI=1S/C17H18FN3O4/c1-9-6-11(2-3-12(9)18)21-8-10(7-15(21)23)16(24)19-13-4-5-14(22)20-17(13)25/h2-3,6,10,13H,4-5,7-8H2,1H3,(H,19,24)(H,20,22,25). The molecule has 2 fully saturated rings. The first-order valence-corrected chi connectivity index (χ1v) is 8.05. The van der Waals surface area contributed by atoms with E-state index in [0.717, 1.165) is 0 Å². The normalized spacial score (nSPS) is 23.6. The molecule has 0 spiro atoms. The number of hydrogen-bond acceptors (Lipinski definition) is 4. The molecule has 132 valence electrons. The second-order valence-electron chi connectivity index (χ2n) is 6.35. The van der Waals surface area contributed by atoms with Crippen molar-refractivity contribution in [2.45, 2.75) is 32.2 Å². The lowest BCUT2D eigenvalue weighted by atomic mass is 10.0. The van der Waals surface area contributed by atoms with Crippen LogP contribution in [0.4, 0.5) is 10.1 Å². The number of anilines is 1. The second kappa shape index (κ2) is 6.62. The van der Waals surface area contributed by atoms with Crippen molar-refractivity contribution in [1.82, 2.24) is 10.6 Å². The number of carbonyl (C=O) groups is 4. The molecular weight excluding hydrogens is 329 g/mol. The van der Waals surface area contributed by atoms with Gasteiger partial charge in [-0.25, -0.2) is 4.39 Å². The Balaban J connectivity index is 1.65. The highest BCUT2D eigenvalue weighted by Crippen LogP contribution is 2.27. The third kappa shape index (κ3) is 3.52. The quantitative estimate of drug-likeness (QED) is 0.774. The maximum Gasteiger partial charge on any atom is 0.249 e. The Hall–Kier alpha value is -2.77. The minimum atomic E-state index is -0.762. The molecule has 4 amide bonds. The first-order chi connectivity index (χ1) is 11.8. The average Bonchev–Trinajstić information content (AvgIpc) is 2.95. The van der Waals surface area contributed by atoms with Gasteiger partial charge < -0.3 is 10.2 Å². The van der Waals surface area contributed by atoms with Gasteiger partial charge in [-0.15, -0.1) is 0 Å². The molecule has 2 aliphatic rings. The van der Waals surface area contributed by atoms with Crippen LogP contribution in [0.25, 0.3) is 0 Å². The van der Waals surface area contributed by atoms with E-state index in [1.807, 2.05) is 0 Å². The number of benzene rings is 1. The van der Waals surface area contributed by atoms with E-state index in [1.165, 1.54) is 17.0 Å². The van der Waals surface area contributed by atoms with Crippen molar-refractivity contribution in [3.63, 3.8) is 0 Å².